The van der Waals surface area contributed by atoms with Gasteiger partial charge < -0.3 is 4.90 Å². The number of rotatable bonds is 6. The molecule has 0 spiro atoms. The summed E-state index contributed by atoms with van der Waals surface area (Å²) in [5.74, 6) is 0. The molecule has 0 N–H and O–H groups in total. The molecule has 0 unspecified atom stereocenters. The number of thiazole rings is 6. The summed E-state index contributed by atoms with van der Waals surface area (Å²) < 4.78 is 0. The van der Waals surface area contributed by atoms with Crippen molar-refractivity contribution in [2.24, 2.45) is 0 Å². The maximum absolute atomic E-state index is 4.85. The van der Waals surface area contributed by atoms with Crippen LogP contribution in [0.1, 0.15) is 15.0 Å². The molecule has 6 aromatic heterocycles. The largest absolute Gasteiger partial charge is 0.311 e. The molecular formula is C33H21N7S6. The molecule has 9 rings (SSSR count). The van der Waals surface area contributed by atoms with Gasteiger partial charge in [-0.3, -0.25) is 0 Å². The van der Waals surface area contributed by atoms with Gasteiger partial charge in [-0.25, -0.2) is 29.9 Å². The van der Waals surface area contributed by atoms with Crippen LogP contribution >= 0.6 is 68.0 Å². The average molecular weight is 708 g/mol. The highest BCUT2D eigenvalue weighted by Crippen LogP contribution is 2.41. The smallest absolute Gasteiger partial charge is 0.155 e. The second kappa shape index (κ2) is 11.1. The molecule has 9 aromatic rings. The number of benzene rings is 3. The quantitative estimate of drug-likeness (QED) is 0.170. The van der Waals surface area contributed by atoms with Gasteiger partial charge in [0.15, 0.2) is 29.0 Å². The predicted molar refractivity (Wildman–Crippen MR) is 198 cm³/mol. The van der Waals surface area contributed by atoms with E-state index in [-0.39, 0.29) is 0 Å². The molecule has 0 aliphatic carbocycles. The van der Waals surface area contributed by atoms with E-state index in [4.69, 9.17) is 15.0 Å². The summed E-state index contributed by atoms with van der Waals surface area (Å²) in [5, 5.41) is 6.11. The molecule has 0 aliphatic heterocycles. The fourth-order valence-electron chi connectivity index (χ4n) is 5.30. The third-order valence-electron chi connectivity index (χ3n) is 7.37. The maximum Gasteiger partial charge on any atom is 0.155 e. The van der Waals surface area contributed by atoms with E-state index in [1.807, 2.05) is 20.8 Å². The lowest BCUT2D eigenvalue weighted by molar-refractivity contribution is 1.28. The molecule has 0 fully saturated rings. The first-order valence-electron chi connectivity index (χ1n) is 14.3. The number of hydrogen-bond donors (Lipinski definition) is 0. The minimum Gasteiger partial charge on any atom is -0.311 e. The highest BCUT2D eigenvalue weighted by molar-refractivity contribution is 7.29. The SMILES string of the molecule is Cc1nc2sc(-c3ccc(N(c4ccc(-c5nc6sc(C)nc6s5)cc4)c4ccc(-c5nc6sc(C)nc6s5)cc4)cc3)nc2s1. The molecule has 0 aliphatic rings. The molecule has 224 valence electrons. The van der Waals surface area contributed by atoms with Gasteiger partial charge in [0.05, 0.1) is 15.0 Å². The van der Waals surface area contributed by atoms with Crippen molar-refractivity contribution in [2.75, 3.05) is 4.90 Å². The monoisotopic (exact) mass is 707 g/mol. The number of hydrogen-bond acceptors (Lipinski definition) is 13. The zero-order valence-electron chi connectivity index (χ0n) is 24.5. The van der Waals surface area contributed by atoms with E-state index in [0.717, 1.165) is 92.8 Å². The van der Waals surface area contributed by atoms with Crippen molar-refractivity contribution in [3.63, 3.8) is 0 Å². The Labute approximate surface area is 287 Å². The van der Waals surface area contributed by atoms with E-state index in [1.165, 1.54) is 0 Å². The van der Waals surface area contributed by atoms with E-state index in [9.17, 15) is 0 Å². The summed E-state index contributed by atoms with van der Waals surface area (Å²) >= 11 is 9.84. The van der Waals surface area contributed by atoms with E-state index >= 15 is 0 Å². The molecule has 0 amide bonds. The van der Waals surface area contributed by atoms with Crippen LogP contribution in [-0.4, -0.2) is 29.9 Å². The zero-order valence-corrected chi connectivity index (χ0v) is 29.4. The van der Waals surface area contributed by atoms with Gasteiger partial charge in [-0.05, 0) is 93.6 Å². The van der Waals surface area contributed by atoms with Crippen molar-refractivity contribution in [1.82, 2.24) is 29.9 Å². The van der Waals surface area contributed by atoms with Crippen LogP contribution in [0.5, 0.6) is 0 Å². The van der Waals surface area contributed by atoms with Crippen LogP contribution in [0, 0.1) is 20.8 Å². The average Bonchev–Trinajstić information content (AvgIpc) is 3.88. The first kappa shape index (κ1) is 28.3. The summed E-state index contributed by atoms with van der Waals surface area (Å²) in [5.41, 5.74) is 6.42. The maximum atomic E-state index is 4.85. The zero-order chi connectivity index (χ0) is 30.9. The summed E-state index contributed by atoms with van der Waals surface area (Å²) in [6, 6.07) is 25.9. The molecule has 6 heterocycles. The van der Waals surface area contributed by atoms with Gasteiger partial charge in [-0.1, -0.05) is 68.0 Å². The molecule has 3 aromatic carbocycles. The van der Waals surface area contributed by atoms with Crippen molar-refractivity contribution in [3.05, 3.63) is 87.8 Å². The van der Waals surface area contributed by atoms with Gasteiger partial charge in [0, 0.05) is 33.8 Å². The van der Waals surface area contributed by atoms with Gasteiger partial charge in [0.25, 0.3) is 0 Å². The molecule has 13 heteroatoms. The van der Waals surface area contributed by atoms with E-state index < -0.39 is 0 Å². The second-order valence-corrected chi connectivity index (χ2v) is 17.0. The van der Waals surface area contributed by atoms with Gasteiger partial charge in [-0.2, -0.15) is 0 Å². The Bertz CT molecular complexity index is 2140. The molecule has 7 nitrogen and oxygen atoms in total. The fraction of sp³-hybridized carbons (Fsp3) is 0.0909. The lowest BCUT2D eigenvalue weighted by atomic mass is 10.1. The molecule has 0 atom stereocenters. The number of anilines is 3. The van der Waals surface area contributed by atoms with E-state index in [2.05, 4.69) is 92.6 Å². The Hall–Kier alpha value is -3.98. The third kappa shape index (κ3) is 5.03. The molecular weight excluding hydrogens is 687 g/mol. The highest BCUT2D eigenvalue weighted by Gasteiger charge is 2.17. The standard InChI is InChI=1S/C33H21N7S6/c1-16-34-28-31(41-16)37-25(44-28)19-4-10-22(11-5-19)40(23-12-6-20(7-13-23)26-38-32-29(45-26)35-17(2)42-32)24-14-8-21(9-15-24)27-39-33-30(46-27)36-18(3)43-33/h4-15H,1-3H3. The summed E-state index contributed by atoms with van der Waals surface area (Å²) in [4.78, 5) is 36.7. The van der Waals surface area contributed by atoms with Gasteiger partial charge in [0.2, 0.25) is 0 Å². The second-order valence-electron chi connectivity index (χ2n) is 10.6. The Morgan fingerprint density at radius 3 is 0.870 bits per heavy atom. The van der Waals surface area contributed by atoms with Crippen LogP contribution in [0.3, 0.4) is 0 Å². The van der Waals surface area contributed by atoms with Gasteiger partial charge in [-0.15, -0.1) is 0 Å². The van der Waals surface area contributed by atoms with Crippen molar-refractivity contribution in [3.8, 4) is 31.7 Å². The van der Waals surface area contributed by atoms with Crippen LogP contribution < -0.4 is 4.90 Å². The van der Waals surface area contributed by atoms with E-state index in [1.54, 1.807) is 68.0 Å². The fourth-order valence-corrected chi connectivity index (χ4v) is 11.1. The van der Waals surface area contributed by atoms with Crippen molar-refractivity contribution >= 4 is 114 Å². The number of aromatic nitrogens is 6. The molecule has 0 saturated heterocycles. The molecule has 0 bridgehead atoms. The Balaban J connectivity index is 1.08. The van der Waals surface area contributed by atoms with Crippen molar-refractivity contribution < 1.29 is 0 Å². The van der Waals surface area contributed by atoms with Crippen LogP contribution in [0.2, 0.25) is 0 Å². The number of nitrogens with zero attached hydrogens (tertiary/aromatic N) is 7. The van der Waals surface area contributed by atoms with Crippen LogP contribution in [0.4, 0.5) is 17.1 Å². The topological polar surface area (TPSA) is 80.6 Å². The summed E-state index contributed by atoms with van der Waals surface area (Å²) in [6.45, 7) is 6.07. The number of fused-ring (bicyclic) bond motifs is 3. The Morgan fingerprint density at radius 1 is 0.348 bits per heavy atom. The lowest BCUT2D eigenvalue weighted by Crippen LogP contribution is -2.09. The van der Waals surface area contributed by atoms with Crippen molar-refractivity contribution in [2.45, 2.75) is 20.8 Å². The lowest BCUT2D eigenvalue weighted by Gasteiger charge is -2.26. The molecule has 0 saturated carbocycles. The first-order valence-corrected chi connectivity index (χ1v) is 19.2. The first-order chi connectivity index (χ1) is 22.4. The van der Waals surface area contributed by atoms with Crippen LogP contribution in [-0.2, 0) is 0 Å². The minimum absolute atomic E-state index is 0.988. The predicted octanol–water partition coefficient (Wildman–Crippen LogP) is 11.3. The molecule has 0 radical (unpaired) electrons. The van der Waals surface area contributed by atoms with Crippen molar-refractivity contribution in [1.29, 1.82) is 0 Å². The van der Waals surface area contributed by atoms with Crippen LogP contribution in [0.15, 0.2) is 72.8 Å². The van der Waals surface area contributed by atoms with Gasteiger partial charge in [0.1, 0.15) is 15.0 Å². The summed E-state index contributed by atoms with van der Waals surface area (Å²) in [7, 11) is 0. The minimum atomic E-state index is 0.988. The Kier molecular flexibility index (Phi) is 6.80. The highest BCUT2D eigenvalue weighted by atomic mass is 32.1. The van der Waals surface area contributed by atoms with Gasteiger partial charge >= 0.3 is 0 Å². The summed E-state index contributed by atoms with van der Waals surface area (Å²) in [6.07, 6.45) is 0. The number of aryl methyl sites for hydroxylation is 3. The third-order valence-corrected chi connectivity index (χ3v) is 13.3. The van der Waals surface area contributed by atoms with E-state index in [0.29, 0.717) is 0 Å². The Morgan fingerprint density at radius 2 is 0.609 bits per heavy atom. The molecule has 46 heavy (non-hydrogen) atoms. The van der Waals surface area contributed by atoms with Crippen LogP contribution in [0.25, 0.3) is 60.7 Å². The normalized spacial score (nSPS) is 11.8.